The highest BCUT2D eigenvalue weighted by atomic mass is 19.1. The topological polar surface area (TPSA) is 86.7 Å². The van der Waals surface area contributed by atoms with E-state index in [2.05, 4.69) is 15.0 Å². The summed E-state index contributed by atoms with van der Waals surface area (Å²) >= 11 is 0. The van der Waals surface area contributed by atoms with Crippen molar-refractivity contribution in [2.45, 2.75) is 0 Å². The Kier molecular flexibility index (Phi) is 2.08. The van der Waals surface area contributed by atoms with Crippen molar-refractivity contribution >= 4 is 5.69 Å². The number of halogens is 1. The number of imidazole rings is 1. The molecule has 0 unspecified atom stereocenters. The summed E-state index contributed by atoms with van der Waals surface area (Å²) in [5, 5.41) is 10.6. The number of hydrogen-bond acceptors (Lipinski definition) is 5. The summed E-state index contributed by atoms with van der Waals surface area (Å²) in [5.41, 5.74) is -0.768. The predicted octanol–water partition coefficient (Wildman–Crippen LogP) is 0.710. The first kappa shape index (κ1) is 9.19. The molecule has 76 valence electrons. The molecule has 8 heteroatoms. The highest BCUT2D eigenvalue weighted by Crippen LogP contribution is 2.21. The van der Waals surface area contributed by atoms with Gasteiger partial charge in [0.15, 0.2) is 0 Å². The lowest BCUT2D eigenvalue weighted by atomic mass is 10.4. The molecule has 2 rings (SSSR count). The molecule has 0 saturated heterocycles. The Bertz CT molecular complexity index is 498. The van der Waals surface area contributed by atoms with Gasteiger partial charge < -0.3 is 0 Å². The second-order valence-corrected chi connectivity index (χ2v) is 2.56. The fourth-order valence-corrected chi connectivity index (χ4v) is 1.08. The van der Waals surface area contributed by atoms with Gasteiger partial charge in [0.1, 0.15) is 12.7 Å². The van der Waals surface area contributed by atoms with Crippen LogP contribution in [0.4, 0.5) is 10.1 Å². The third kappa shape index (κ3) is 1.52. The third-order valence-electron chi connectivity index (χ3n) is 1.69. The highest BCUT2D eigenvalue weighted by Gasteiger charge is 2.23. The molecule has 7 nitrogen and oxygen atoms in total. The molecule has 0 aromatic carbocycles. The molecule has 15 heavy (non-hydrogen) atoms. The van der Waals surface area contributed by atoms with Crippen LogP contribution in [-0.2, 0) is 0 Å². The van der Waals surface area contributed by atoms with E-state index in [-0.39, 0.29) is 5.82 Å². The molecular weight excluding hydrogens is 205 g/mol. The summed E-state index contributed by atoms with van der Waals surface area (Å²) in [6, 6.07) is 0. The maximum Gasteiger partial charge on any atom is 0.366 e. The molecule has 0 spiro atoms. The smallest absolute Gasteiger partial charge is 0.285 e. The summed E-state index contributed by atoms with van der Waals surface area (Å²) in [6.07, 6.45) is 5.03. The third-order valence-corrected chi connectivity index (χ3v) is 1.69. The van der Waals surface area contributed by atoms with Crippen LogP contribution in [0.15, 0.2) is 25.0 Å². The van der Waals surface area contributed by atoms with Crippen molar-refractivity contribution < 1.29 is 9.31 Å². The van der Waals surface area contributed by atoms with E-state index in [1.807, 2.05) is 0 Å². The summed E-state index contributed by atoms with van der Waals surface area (Å²) in [7, 11) is 0. The standard InChI is InChI=1S/C7H4FN5O2/c8-6-5(13(14)15)7(11-3-10-6)12-2-1-9-4-12/h1-4H. The van der Waals surface area contributed by atoms with Crippen LogP contribution in [0.5, 0.6) is 0 Å². The molecule has 2 aromatic heterocycles. The quantitative estimate of drug-likeness (QED) is 0.413. The summed E-state index contributed by atoms with van der Waals surface area (Å²) in [6.45, 7) is 0. The normalized spacial score (nSPS) is 10.2. The maximum absolute atomic E-state index is 13.1. The van der Waals surface area contributed by atoms with E-state index in [1.54, 1.807) is 0 Å². The molecule has 0 saturated carbocycles. The van der Waals surface area contributed by atoms with Crippen molar-refractivity contribution in [3.05, 3.63) is 41.1 Å². The minimum atomic E-state index is -1.17. The van der Waals surface area contributed by atoms with Crippen LogP contribution in [0, 0.1) is 16.1 Å². The molecule has 2 heterocycles. The first-order valence-corrected chi connectivity index (χ1v) is 3.83. The van der Waals surface area contributed by atoms with Crippen LogP contribution in [-0.4, -0.2) is 24.4 Å². The van der Waals surface area contributed by atoms with Crippen molar-refractivity contribution in [1.29, 1.82) is 0 Å². The average Bonchev–Trinajstić information content (AvgIpc) is 2.69. The Morgan fingerprint density at radius 1 is 1.47 bits per heavy atom. The number of hydrogen-bond donors (Lipinski definition) is 0. The van der Waals surface area contributed by atoms with Gasteiger partial charge in [-0.15, -0.1) is 0 Å². The van der Waals surface area contributed by atoms with Crippen LogP contribution < -0.4 is 0 Å². The highest BCUT2D eigenvalue weighted by molar-refractivity contribution is 5.45. The van der Waals surface area contributed by atoms with E-state index in [4.69, 9.17) is 0 Å². The molecule has 0 fully saturated rings. The first-order valence-electron chi connectivity index (χ1n) is 3.83. The second-order valence-electron chi connectivity index (χ2n) is 2.56. The Hall–Kier alpha value is -2.38. The van der Waals surface area contributed by atoms with E-state index >= 15 is 0 Å². The SMILES string of the molecule is O=[N+]([O-])c1c(F)ncnc1-n1ccnc1. The summed E-state index contributed by atoms with van der Waals surface area (Å²) in [4.78, 5) is 20.2. The van der Waals surface area contributed by atoms with Gasteiger partial charge in [0.2, 0.25) is 5.82 Å². The molecule has 0 radical (unpaired) electrons. The fraction of sp³-hybridized carbons (Fsp3) is 0. The zero-order chi connectivity index (χ0) is 10.8. The van der Waals surface area contributed by atoms with Crippen molar-refractivity contribution in [2.75, 3.05) is 0 Å². The van der Waals surface area contributed by atoms with Crippen molar-refractivity contribution in [3.63, 3.8) is 0 Å². The molecule has 0 aliphatic heterocycles. The fourth-order valence-electron chi connectivity index (χ4n) is 1.08. The zero-order valence-corrected chi connectivity index (χ0v) is 7.24. The Balaban J connectivity index is 2.66. The molecule has 0 aliphatic carbocycles. The van der Waals surface area contributed by atoms with Gasteiger partial charge in [-0.2, -0.15) is 4.39 Å². The number of nitro groups is 1. The summed E-state index contributed by atoms with van der Waals surface area (Å²) < 4.78 is 14.3. The minimum absolute atomic E-state index is 0.148. The molecular formula is C7H4FN5O2. The number of aromatic nitrogens is 4. The van der Waals surface area contributed by atoms with Crippen LogP contribution in [0.2, 0.25) is 0 Å². The van der Waals surface area contributed by atoms with Crippen LogP contribution in [0.1, 0.15) is 0 Å². The van der Waals surface area contributed by atoms with Gasteiger partial charge in [0.05, 0.1) is 4.92 Å². The average molecular weight is 209 g/mol. The maximum atomic E-state index is 13.1. The van der Waals surface area contributed by atoms with E-state index < -0.39 is 16.6 Å². The van der Waals surface area contributed by atoms with Crippen LogP contribution in [0.25, 0.3) is 5.82 Å². The molecule has 0 N–H and O–H groups in total. The first-order chi connectivity index (χ1) is 7.20. The molecule has 0 amide bonds. The Labute approximate surface area is 82.4 Å². The van der Waals surface area contributed by atoms with Crippen molar-refractivity contribution in [3.8, 4) is 5.82 Å². The largest absolute Gasteiger partial charge is 0.366 e. The number of nitrogens with zero attached hydrogens (tertiary/aromatic N) is 5. The lowest BCUT2D eigenvalue weighted by molar-refractivity contribution is -0.388. The van der Waals surface area contributed by atoms with Crippen LogP contribution >= 0.6 is 0 Å². The number of rotatable bonds is 2. The zero-order valence-electron chi connectivity index (χ0n) is 7.24. The lowest BCUT2D eigenvalue weighted by Crippen LogP contribution is -2.05. The Morgan fingerprint density at radius 2 is 2.27 bits per heavy atom. The molecule has 0 bridgehead atoms. The molecule has 2 aromatic rings. The van der Waals surface area contributed by atoms with Crippen LogP contribution in [0.3, 0.4) is 0 Å². The molecule has 0 aliphatic rings. The van der Waals surface area contributed by atoms with E-state index in [0.717, 1.165) is 6.33 Å². The van der Waals surface area contributed by atoms with Crippen molar-refractivity contribution in [1.82, 2.24) is 19.5 Å². The second kappa shape index (κ2) is 3.40. The monoisotopic (exact) mass is 209 g/mol. The summed E-state index contributed by atoms with van der Waals surface area (Å²) in [5.74, 6) is -1.32. The Morgan fingerprint density at radius 3 is 2.87 bits per heavy atom. The lowest BCUT2D eigenvalue weighted by Gasteiger charge is -2.01. The van der Waals surface area contributed by atoms with Gasteiger partial charge in [-0.05, 0) is 0 Å². The molecule has 0 atom stereocenters. The van der Waals surface area contributed by atoms with E-state index in [1.165, 1.54) is 23.3 Å². The van der Waals surface area contributed by atoms with Gasteiger partial charge >= 0.3 is 5.69 Å². The van der Waals surface area contributed by atoms with Gasteiger partial charge in [-0.1, -0.05) is 0 Å². The van der Waals surface area contributed by atoms with E-state index in [9.17, 15) is 14.5 Å². The van der Waals surface area contributed by atoms with Crippen molar-refractivity contribution in [2.24, 2.45) is 0 Å². The van der Waals surface area contributed by atoms with Gasteiger partial charge in [0.25, 0.3) is 5.95 Å². The van der Waals surface area contributed by atoms with Gasteiger partial charge in [-0.25, -0.2) is 15.0 Å². The predicted molar refractivity (Wildman–Crippen MR) is 45.8 cm³/mol. The van der Waals surface area contributed by atoms with Gasteiger partial charge in [-0.3, -0.25) is 14.7 Å². The minimum Gasteiger partial charge on any atom is -0.285 e. The van der Waals surface area contributed by atoms with Gasteiger partial charge in [0, 0.05) is 12.4 Å². The van der Waals surface area contributed by atoms with E-state index in [0.29, 0.717) is 0 Å².